The number of methoxy groups -OCH3 is 1. The lowest BCUT2D eigenvalue weighted by atomic mass is 9.79. The zero-order valence-electron chi connectivity index (χ0n) is 16.5. The number of nitrogens with zero attached hydrogens (tertiary/aromatic N) is 3. The molecule has 150 valence electrons. The van der Waals surface area contributed by atoms with E-state index in [1.54, 1.807) is 7.11 Å². The molecule has 2 aliphatic heterocycles. The van der Waals surface area contributed by atoms with Crippen molar-refractivity contribution in [2.24, 2.45) is 4.99 Å². The lowest BCUT2D eigenvalue weighted by Crippen LogP contribution is -2.61. The van der Waals surface area contributed by atoms with Gasteiger partial charge in [-0.15, -0.1) is 0 Å². The fourth-order valence-electron chi connectivity index (χ4n) is 4.63. The van der Waals surface area contributed by atoms with Gasteiger partial charge in [-0.25, -0.2) is 0 Å². The summed E-state index contributed by atoms with van der Waals surface area (Å²) in [6.07, 6.45) is 6.67. The van der Waals surface area contributed by atoms with E-state index < -0.39 is 0 Å². The summed E-state index contributed by atoms with van der Waals surface area (Å²) in [6, 6.07) is 0. The molecule has 7 nitrogen and oxygen atoms in total. The number of hydrogen-bond donors (Lipinski definition) is 1. The minimum atomic E-state index is 0.121. The molecule has 0 spiro atoms. The number of aliphatic imine (C=N–C) groups is 1. The Labute approximate surface area is 158 Å². The van der Waals surface area contributed by atoms with Crippen LogP contribution in [0, 0.1) is 0 Å². The van der Waals surface area contributed by atoms with Gasteiger partial charge in [0.15, 0.2) is 5.96 Å². The largest absolute Gasteiger partial charge is 0.382 e. The number of morpholine rings is 2. The van der Waals surface area contributed by atoms with Crippen LogP contribution in [0.5, 0.6) is 0 Å². The van der Waals surface area contributed by atoms with Crippen LogP contribution in [0.2, 0.25) is 0 Å². The third-order valence-electron chi connectivity index (χ3n) is 6.04. The van der Waals surface area contributed by atoms with Gasteiger partial charge in [-0.05, 0) is 12.8 Å². The predicted octanol–water partition coefficient (Wildman–Crippen LogP) is 0.944. The first kappa shape index (κ1) is 19.9. The molecular weight excluding hydrogens is 332 g/mol. The van der Waals surface area contributed by atoms with Gasteiger partial charge in [-0.2, -0.15) is 0 Å². The summed E-state index contributed by atoms with van der Waals surface area (Å²) in [5, 5.41) is 3.71. The standard InChI is InChI=1S/C19H36N4O3/c1-20-18(22-8-13-26-17(14-22)15-24-2)21-16-19(6-4-3-5-7-19)23-9-11-25-12-10-23/h17H,3-16H2,1-2H3,(H,20,21). The molecule has 0 bridgehead atoms. The van der Waals surface area contributed by atoms with Gasteiger partial charge in [0, 0.05) is 52.4 Å². The smallest absolute Gasteiger partial charge is 0.193 e. The number of hydrogen-bond acceptors (Lipinski definition) is 5. The molecule has 0 amide bonds. The topological polar surface area (TPSA) is 58.6 Å². The van der Waals surface area contributed by atoms with Crippen molar-refractivity contribution in [3.63, 3.8) is 0 Å². The molecule has 2 saturated heterocycles. The molecule has 0 aromatic carbocycles. The monoisotopic (exact) mass is 368 g/mol. The van der Waals surface area contributed by atoms with Crippen molar-refractivity contribution in [2.45, 2.75) is 43.7 Å². The molecule has 0 aromatic rings. The molecule has 3 aliphatic rings. The summed E-state index contributed by atoms with van der Waals surface area (Å²) in [5.41, 5.74) is 0.246. The first-order chi connectivity index (χ1) is 12.8. The maximum absolute atomic E-state index is 5.78. The maximum Gasteiger partial charge on any atom is 0.193 e. The lowest BCUT2D eigenvalue weighted by molar-refractivity contribution is -0.0464. The number of rotatable bonds is 5. The van der Waals surface area contributed by atoms with E-state index in [9.17, 15) is 0 Å². The zero-order valence-corrected chi connectivity index (χ0v) is 16.5. The van der Waals surface area contributed by atoms with E-state index in [0.717, 1.165) is 58.5 Å². The van der Waals surface area contributed by atoms with Crippen LogP contribution in [0.1, 0.15) is 32.1 Å². The highest BCUT2D eigenvalue weighted by Gasteiger charge is 2.39. The van der Waals surface area contributed by atoms with Crippen LogP contribution >= 0.6 is 0 Å². The SMILES string of the molecule is CN=C(NCC1(N2CCOCC2)CCCCC1)N1CCOC(COC)C1. The molecule has 0 radical (unpaired) electrons. The normalized spacial score (nSPS) is 28.2. The second kappa shape index (κ2) is 9.88. The molecule has 1 N–H and O–H groups in total. The number of ether oxygens (including phenoxy) is 3. The third kappa shape index (κ3) is 4.88. The molecule has 1 aliphatic carbocycles. The summed E-state index contributed by atoms with van der Waals surface area (Å²) < 4.78 is 16.6. The molecule has 1 atom stereocenters. The van der Waals surface area contributed by atoms with Crippen LogP contribution in [-0.4, -0.2) is 101 Å². The number of guanidine groups is 1. The summed E-state index contributed by atoms with van der Waals surface area (Å²) in [6.45, 7) is 7.85. The van der Waals surface area contributed by atoms with E-state index in [1.807, 2.05) is 7.05 Å². The van der Waals surface area contributed by atoms with Crippen LogP contribution in [-0.2, 0) is 14.2 Å². The van der Waals surface area contributed by atoms with Gasteiger partial charge in [-0.1, -0.05) is 19.3 Å². The van der Waals surface area contributed by atoms with Crippen LogP contribution in [0.3, 0.4) is 0 Å². The summed E-state index contributed by atoms with van der Waals surface area (Å²) in [7, 11) is 3.61. The molecular formula is C19H36N4O3. The highest BCUT2D eigenvalue weighted by Crippen LogP contribution is 2.34. The number of nitrogens with one attached hydrogen (secondary N) is 1. The Morgan fingerprint density at radius 2 is 1.92 bits per heavy atom. The Morgan fingerprint density at radius 1 is 1.15 bits per heavy atom. The molecule has 3 fully saturated rings. The van der Waals surface area contributed by atoms with Crippen LogP contribution in [0.15, 0.2) is 4.99 Å². The maximum atomic E-state index is 5.78. The lowest BCUT2D eigenvalue weighted by Gasteiger charge is -2.48. The summed E-state index contributed by atoms with van der Waals surface area (Å²) in [4.78, 5) is 9.54. The van der Waals surface area contributed by atoms with E-state index in [0.29, 0.717) is 6.61 Å². The average Bonchev–Trinajstić information content (AvgIpc) is 2.70. The van der Waals surface area contributed by atoms with Gasteiger partial charge >= 0.3 is 0 Å². The van der Waals surface area contributed by atoms with Crippen molar-refractivity contribution in [1.29, 1.82) is 0 Å². The van der Waals surface area contributed by atoms with Crippen molar-refractivity contribution in [3.8, 4) is 0 Å². The van der Waals surface area contributed by atoms with Gasteiger partial charge in [0.25, 0.3) is 0 Å². The molecule has 7 heteroatoms. The van der Waals surface area contributed by atoms with E-state index in [2.05, 4.69) is 20.1 Å². The molecule has 1 saturated carbocycles. The van der Waals surface area contributed by atoms with Crippen molar-refractivity contribution >= 4 is 5.96 Å². The van der Waals surface area contributed by atoms with Crippen LogP contribution in [0.4, 0.5) is 0 Å². The average molecular weight is 369 g/mol. The van der Waals surface area contributed by atoms with Crippen molar-refractivity contribution in [2.75, 3.05) is 73.3 Å². The van der Waals surface area contributed by atoms with Gasteiger partial charge in [-0.3, -0.25) is 9.89 Å². The Kier molecular flexibility index (Phi) is 7.54. The van der Waals surface area contributed by atoms with Gasteiger partial charge < -0.3 is 24.4 Å². The first-order valence-electron chi connectivity index (χ1n) is 10.2. The first-order valence-corrected chi connectivity index (χ1v) is 10.2. The van der Waals surface area contributed by atoms with Gasteiger partial charge in [0.05, 0.1) is 32.5 Å². The molecule has 2 heterocycles. The van der Waals surface area contributed by atoms with Crippen molar-refractivity contribution in [3.05, 3.63) is 0 Å². The van der Waals surface area contributed by atoms with Crippen molar-refractivity contribution < 1.29 is 14.2 Å². The van der Waals surface area contributed by atoms with E-state index in [1.165, 1.54) is 32.1 Å². The fraction of sp³-hybridized carbons (Fsp3) is 0.947. The quantitative estimate of drug-likeness (QED) is 0.576. The minimum absolute atomic E-state index is 0.121. The van der Waals surface area contributed by atoms with Crippen molar-refractivity contribution in [1.82, 2.24) is 15.1 Å². The molecule has 3 rings (SSSR count). The van der Waals surface area contributed by atoms with Gasteiger partial charge in [0.1, 0.15) is 0 Å². The summed E-state index contributed by atoms with van der Waals surface area (Å²) >= 11 is 0. The Hall–Kier alpha value is -0.890. The van der Waals surface area contributed by atoms with E-state index >= 15 is 0 Å². The van der Waals surface area contributed by atoms with E-state index in [4.69, 9.17) is 14.2 Å². The highest BCUT2D eigenvalue weighted by molar-refractivity contribution is 5.80. The van der Waals surface area contributed by atoms with Crippen LogP contribution in [0.25, 0.3) is 0 Å². The second-order valence-corrected chi connectivity index (χ2v) is 7.68. The molecule has 1 unspecified atom stereocenters. The summed E-state index contributed by atoms with van der Waals surface area (Å²) in [5.74, 6) is 0.993. The predicted molar refractivity (Wildman–Crippen MR) is 103 cm³/mol. The third-order valence-corrected chi connectivity index (χ3v) is 6.04. The Balaban J connectivity index is 1.61. The second-order valence-electron chi connectivity index (χ2n) is 7.68. The van der Waals surface area contributed by atoms with E-state index in [-0.39, 0.29) is 11.6 Å². The molecule has 0 aromatic heterocycles. The minimum Gasteiger partial charge on any atom is -0.382 e. The van der Waals surface area contributed by atoms with Crippen LogP contribution < -0.4 is 5.32 Å². The Bertz CT molecular complexity index is 446. The molecule has 26 heavy (non-hydrogen) atoms. The zero-order chi connectivity index (χ0) is 18.2. The van der Waals surface area contributed by atoms with Gasteiger partial charge in [0.2, 0.25) is 0 Å². The Morgan fingerprint density at radius 3 is 2.62 bits per heavy atom. The highest BCUT2D eigenvalue weighted by atomic mass is 16.5. The fourth-order valence-corrected chi connectivity index (χ4v) is 4.63.